The molecule has 114 valence electrons. The molecule has 1 aromatic carbocycles. The average molecular weight is 289 g/mol. The van der Waals surface area contributed by atoms with Crippen molar-refractivity contribution in [2.45, 2.75) is 32.4 Å². The zero-order chi connectivity index (χ0) is 15.6. The van der Waals surface area contributed by atoms with E-state index >= 15 is 0 Å². The van der Waals surface area contributed by atoms with Crippen LogP contribution in [-0.2, 0) is 7.05 Å². The summed E-state index contributed by atoms with van der Waals surface area (Å²) >= 11 is 0. The number of aliphatic hydroxyl groups excluding tert-OH is 1. The number of urea groups is 1. The van der Waals surface area contributed by atoms with Crippen LogP contribution in [-0.4, -0.2) is 27.8 Å². The van der Waals surface area contributed by atoms with Crippen molar-refractivity contribution < 1.29 is 9.90 Å². The van der Waals surface area contributed by atoms with Crippen molar-refractivity contribution in [2.75, 3.05) is 6.54 Å². The highest BCUT2D eigenvalue weighted by Gasteiger charge is 2.15. The second kappa shape index (κ2) is 5.77. The number of carbonyl (C=O) groups excluding carboxylic acids is 1. The minimum absolute atomic E-state index is 0.181. The Balaban J connectivity index is 1.98. The second-order valence-corrected chi connectivity index (χ2v) is 6.35. The number of benzene rings is 1. The molecule has 1 atom stereocenters. The minimum atomic E-state index is -0.722. The van der Waals surface area contributed by atoms with Crippen LogP contribution in [0.3, 0.4) is 0 Å². The van der Waals surface area contributed by atoms with Gasteiger partial charge in [-0.2, -0.15) is 0 Å². The highest BCUT2D eigenvalue weighted by Crippen LogP contribution is 2.20. The van der Waals surface area contributed by atoms with Gasteiger partial charge < -0.3 is 20.3 Å². The molecule has 0 bridgehead atoms. The van der Waals surface area contributed by atoms with Gasteiger partial charge in [-0.1, -0.05) is 6.07 Å². The van der Waals surface area contributed by atoms with Gasteiger partial charge in [0.05, 0.1) is 6.10 Å². The number of hydrogen-bond acceptors (Lipinski definition) is 2. The van der Waals surface area contributed by atoms with E-state index in [9.17, 15) is 9.90 Å². The lowest BCUT2D eigenvalue weighted by molar-refractivity contribution is 0.171. The van der Waals surface area contributed by atoms with Crippen LogP contribution in [0.1, 0.15) is 32.4 Å². The topological polar surface area (TPSA) is 66.3 Å². The molecular weight excluding hydrogens is 266 g/mol. The third kappa shape index (κ3) is 3.98. The molecule has 2 aromatic rings. The van der Waals surface area contributed by atoms with E-state index in [1.54, 1.807) is 0 Å². The Bertz CT molecular complexity index is 640. The fraction of sp³-hybridized carbons (Fsp3) is 0.438. The van der Waals surface area contributed by atoms with Gasteiger partial charge in [0, 0.05) is 30.8 Å². The molecule has 0 fully saturated rings. The number of aliphatic hydroxyl groups is 1. The van der Waals surface area contributed by atoms with Gasteiger partial charge in [-0.3, -0.25) is 0 Å². The molecule has 0 saturated heterocycles. The van der Waals surface area contributed by atoms with Crippen molar-refractivity contribution in [2.24, 2.45) is 7.05 Å². The molecule has 0 spiro atoms. The van der Waals surface area contributed by atoms with Crippen LogP contribution in [0.25, 0.3) is 10.9 Å². The normalized spacial score (nSPS) is 13.2. The molecule has 21 heavy (non-hydrogen) atoms. The largest absolute Gasteiger partial charge is 0.387 e. The van der Waals surface area contributed by atoms with Gasteiger partial charge in [-0.15, -0.1) is 0 Å². The fourth-order valence-corrected chi connectivity index (χ4v) is 2.20. The van der Waals surface area contributed by atoms with Gasteiger partial charge in [0.1, 0.15) is 0 Å². The van der Waals surface area contributed by atoms with Gasteiger partial charge in [-0.05, 0) is 49.9 Å². The zero-order valence-electron chi connectivity index (χ0n) is 13.0. The van der Waals surface area contributed by atoms with E-state index in [2.05, 4.69) is 10.6 Å². The van der Waals surface area contributed by atoms with Gasteiger partial charge in [-0.25, -0.2) is 4.79 Å². The second-order valence-electron chi connectivity index (χ2n) is 6.35. The van der Waals surface area contributed by atoms with Crippen LogP contribution in [0.4, 0.5) is 4.79 Å². The van der Waals surface area contributed by atoms with Gasteiger partial charge in [0.25, 0.3) is 0 Å². The van der Waals surface area contributed by atoms with Crippen molar-refractivity contribution in [1.29, 1.82) is 0 Å². The van der Waals surface area contributed by atoms with E-state index in [0.29, 0.717) is 0 Å². The van der Waals surface area contributed by atoms with Crippen LogP contribution in [0.5, 0.6) is 0 Å². The number of aromatic nitrogens is 1. The summed E-state index contributed by atoms with van der Waals surface area (Å²) in [4.78, 5) is 11.7. The Morgan fingerprint density at radius 2 is 2.05 bits per heavy atom. The maximum Gasteiger partial charge on any atom is 0.315 e. The summed E-state index contributed by atoms with van der Waals surface area (Å²) in [6.45, 7) is 5.91. The molecule has 0 aliphatic carbocycles. The first-order valence-electron chi connectivity index (χ1n) is 7.05. The monoisotopic (exact) mass is 289 g/mol. The van der Waals surface area contributed by atoms with Crippen LogP contribution in [0.15, 0.2) is 30.5 Å². The molecule has 5 heteroatoms. The van der Waals surface area contributed by atoms with Crippen LogP contribution in [0, 0.1) is 0 Å². The number of carbonyl (C=O) groups is 1. The SMILES string of the molecule is Cn1ccc2cc(C(O)CNC(=O)NC(C)(C)C)ccc21. The lowest BCUT2D eigenvalue weighted by Crippen LogP contribution is -2.47. The highest BCUT2D eigenvalue weighted by molar-refractivity contribution is 5.81. The van der Waals surface area contributed by atoms with E-state index < -0.39 is 6.10 Å². The number of nitrogens with one attached hydrogen (secondary N) is 2. The van der Waals surface area contributed by atoms with Gasteiger partial charge >= 0.3 is 6.03 Å². The summed E-state index contributed by atoms with van der Waals surface area (Å²) < 4.78 is 2.03. The average Bonchev–Trinajstić information content (AvgIpc) is 2.75. The van der Waals surface area contributed by atoms with Crippen molar-refractivity contribution in [3.8, 4) is 0 Å². The Labute approximate surface area is 125 Å². The maximum atomic E-state index is 11.7. The third-order valence-corrected chi connectivity index (χ3v) is 3.24. The number of amides is 2. The van der Waals surface area contributed by atoms with E-state index in [1.807, 2.05) is 62.8 Å². The predicted octanol–water partition coefficient (Wildman–Crippen LogP) is 2.31. The smallest absolute Gasteiger partial charge is 0.315 e. The summed E-state index contributed by atoms with van der Waals surface area (Å²) in [6, 6.07) is 7.54. The molecule has 5 nitrogen and oxygen atoms in total. The van der Waals surface area contributed by atoms with E-state index in [4.69, 9.17) is 0 Å². The molecule has 1 aromatic heterocycles. The fourth-order valence-electron chi connectivity index (χ4n) is 2.20. The lowest BCUT2D eigenvalue weighted by Gasteiger charge is -2.21. The third-order valence-electron chi connectivity index (χ3n) is 3.24. The summed E-state index contributed by atoms with van der Waals surface area (Å²) in [5.41, 5.74) is 1.62. The number of rotatable bonds is 3. The molecule has 2 rings (SSSR count). The molecule has 0 aliphatic rings. The molecule has 0 radical (unpaired) electrons. The van der Waals surface area contributed by atoms with Crippen molar-refractivity contribution in [1.82, 2.24) is 15.2 Å². The van der Waals surface area contributed by atoms with Crippen LogP contribution in [0.2, 0.25) is 0 Å². The van der Waals surface area contributed by atoms with Crippen molar-refractivity contribution in [3.05, 3.63) is 36.0 Å². The molecule has 0 saturated carbocycles. The molecule has 3 N–H and O–H groups in total. The van der Waals surface area contributed by atoms with E-state index in [0.717, 1.165) is 16.5 Å². The molecule has 1 unspecified atom stereocenters. The van der Waals surface area contributed by atoms with E-state index in [-0.39, 0.29) is 18.1 Å². The first kappa shape index (κ1) is 15.4. The summed E-state index contributed by atoms with van der Waals surface area (Å²) in [5, 5.41) is 16.7. The van der Waals surface area contributed by atoms with Gasteiger partial charge in [0.15, 0.2) is 0 Å². The summed E-state index contributed by atoms with van der Waals surface area (Å²) in [6.07, 6.45) is 1.26. The number of hydrogen-bond donors (Lipinski definition) is 3. The quantitative estimate of drug-likeness (QED) is 0.811. The Kier molecular flexibility index (Phi) is 4.23. The van der Waals surface area contributed by atoms with Gasteiger partial charge in [0.2, 0.25) is 0 Å². The molecular formula is C16H23N3O2. The first-order valence-corrected chi connectivity index (χ1v) is 7.05. The predicted molar refractivity (Wildman–Crippen MR) is 84.2 cm³/mol. The molecule has 1 heterocycles. The Hall–Kier alpha value is -2.01. The van der Waals surface area contributed by atoms with Crippen LogP contribution < -0.4 is 10.6 Å². The Morgan fingerprint density at radius 3 is 2.71 bits per heavy atom. The zero-order valence-corrected chi connectivity index (χ0v) is 13.0. The maximum absolute atomic E-state index is 11.7. The molecule has 2 amide bonds. The minimum Gasteiger partial charge on any atom is -0.387 e. The number of nitrogens with zero attached hydrogens (tertiary/aromatic N) is 1. The molecule has 0 aliphatic heterocycles. The summed E-state index contributed by atoms with van der Waals surface area (Å²) in [5.74, 6) is 0. The van der Waals surface area contributed by atoms with E-state index in [1.165, 1.54) is 0 Å². The highest BCUT2D eigenvalue weighted by atomic mass is 16.3. The standard InChI is InChI=1S/C16H23N3O2/c1-16(2,3)18-15(21)17-10-14(20)12-5-6-13-11(9-12)7-8-19(13)4/h5-9,14,20H,10H2,1-4H3,(H2,17,18,21). The first-order chi connectivity index (χ1) is 9.76. The summed E-state index contributed by atoms with van der Waals surface area (Å²) in [7, 11) is 1.98. The Morgan fingerprint density at radius 1 is 1.33 bits per heavy atom. The number of aryl methyl sites for hydroxylation is 1. The van der Waals surface area contributed by atoms with Crippen LogP contribution >= 0.6 is 0 Å². The lowest BCUT2D eigenvalue weighted by atomic mass is 10.1. The van der Waals surface area contributed by atoms with Crippen molar-refractivity contribution >= 4 is 16.9 Å². The van der Waals surface area contributed by atoms with Crippen molar-refractivity contribution in [3.63, 3.8) is 0 Å². The number of fused-ring (bicyclic) bond motifs is 1.